The van der Waals surface area contributed by atoms with Crippen LogP contribution >= 0.6 is 0 Å². The minimum absolute atomic E-state index is 0.193. The molecule has 0 bridgehead atoms. The highest BCUT2D eigenvalue weighted by molar-refractivity contribution is 6.12. The summed E-state index contributed by atoms with van der Waals surface area (Å²) in [6.07, 6.45) is 0. The molecule has 1 aliphatic carbocycles. The van der Waals surface area contributed by atoms with Gasteiger partial charge in [0.25, 0.3) is 0 Å². The Bertz CT molecular complexity index is 3480. The minimum atomic E-state index is -0.193. The summed E-state index contributed by atoms with van der Waals surface area (Å²) in [5.74, 6) is 0.625. The van der Waals surface area contributed by atoms with E-state index in [4.69, 9.17) is 9.97 Å². The molecule has 2 heterocycles. The lowest BCUT2D eigenvalue weighted by Crippen LogP contribution is -2.15. The molecule has 11 aromatic rings. The molecule has 2 aromatic heterocycles. The van der Waals surface area contributed by atoms with Gasteiger partial charge in [-0.25, -0.2) is 9.97 Å². The number of anilines is 3. The predicted molar refractivity (Wildman–Crippen MR) is 270 cm³/mol. The van der Waals surface area contributed by atoms with Crippen LogP contribution in [-0.4, -0.2) is 14.5 Å². The van der Waals surface area contributed by atoms with Crippen LogP contribution in [0.15, 0.2) is 231 Å². The van der Waals surface area contributed by atoms with Gasteiger partial charge in [0, 0.05) is 44.4 Å². The van der Waals surface area contributed by atoms with Crippen LogP contribution in [-0.2, 0) is 5.41 Å². The molecule has 0 N–H and O–H groups in total. The second-order valence-corrected chi connectivity index (χ2v) is 17.5. The number of nitrogens with zero attached hydrogens (tertiary/aromatic N) is 4. The first-order chi connectivity index (χ1) is 32.0. The van der Waals surface area contributed by atoms with Gasteiger partial charge in [-0.15, -0.1) is 0 Å². The van der Waals surface area contributed by atoms with Crippen LogP contribution in [0.2, 0.25) is 0 Å². The van der Waals surface area contributed by atoms with Gasteiger partial charge in [-0.3, -0.25) is 4.57 Å². The average Bonchev–Trinajstić information content (AvgIpc) is 3.81. The van der Waals surface area contributed by atoms with E-state index in [1.165, 1.54) is 38.9 Å². The van der Waals surface area contributed by atoms with Gasteiger partial charge in [0.1, 0.15) is 0 Å². The summed E-state index contributed by atoms with van der Waals surface area (Å²) < 4.78 is 2.31. The summed E-state index contributed by atoms with van der Waals surface area (Å²) in [5, 5.41) is 2.30. The van der Waals surface area contributed by atoms with Crippen molar-refractivity contribution in [3.05, 3.63) is 242 Å². The number of rotatable bonds is 8. The van der Waals surface area contributed by atoms with Gasteiger partial charge in [0.15, 0.2) is 0 Å². The Labute approximate surface area is 379 Å². The quantitative estimate of drug-likeness (QED) is 0.153. The average molecular weight is 833 g/mol. The predicted octanol–water partition coefficient (Wildman–Crippen LogP) is 16.0. The van der Waals surface area contributed by atoms with Crippen molar-refractivity contribution in [1.82, 2.24) is 14.5 Å². The maximum Gasteiger partial charge on any atom is 0.235 e. The van der Waals surface area contributed by atoms with Crippen LogP contribution in [0.4, 0.5) is 17.1 Å². The van der Waals surface area contributed by atoms with Gasteiger partial charge in [-0.2, -0.15) is 0 Å². The number of fused-ring (bicyclic) bond motifs is 6. The first kappa shape index (κ1) is 38.3. The van der Waals surface area contributed by atoms with E-state index >= 15 is 0 Å². The second-order valence-electron chi connectivity index (χ2n) is 17.5. The summed E-state index contributed by atoms with van der Waals surface area (Å²) >= 11 is 0. The van der Waals surface area contributed by atoms with E-state index in [1.807, 2.05) is 0 Å². The third-order valence-electron chi connectivity index (χ3n) is 13.2. The Morgan fingerprint density at radius 1 is 0.354 bits per heavy atom. The first-order valence-electron chi connectivity index (χ1n) is 22.3. The number of hydrogen-bond acceptors (Lipinski definition) is 3. The normalized spacial score (nSPS) is 12.6. The van der Waals surface area contributed by atoms with Gasteiger partial charge in [-0.05, 0) is 99.1 Å². The smallest absolute Gasteiger partial charge is 0.235 e. The SMILES string of the molecule is CC1(C)c2ccccc2-c2cc3c4ccc(N(c5ccc(-c6ccccc6)cc5)c5cccc(-c6ccccc6)c5)cc4n(-c4nc(-c5ccccc5)cc(-c5ccccc5)n4)c3cc21. The lowest BCUT2D eigenvalue weighted by molar-refractivity contribution is 0.661. The van der Waals surface area contributed by atoms with Crippen LogP contribution in [0.5, 0.6) is 0 Å². The molecule has 308 valence electrons. The molecule has 9 aromatic carbocycles. The van der Waals surface area contributed by atoms with E-state index in [2.05, 4.69) is 254 Å². The maximum absolute atomic E-state index is 5.45. The van der Waals surface area contributed by atoms with Crippen LogP contribution in [0.25, 0.3) is 83.6 Å². The zero-order chi connectivity index (χ0) is 43.5. The molecule has 0 unspecified atom stereocenters. The van der Waals surface area contributed by atoms with Crippen molar-refractivity contribution in [2.75, 3.05) is 4.90 Å². The third-order valence-corrected chi connectivity index (χ3v) is 13.2. The summed E-state index contributed by atoms with van der Waals surface area (Å²) in [4.78, 5) is 13.3. The third kappa shape index (κ3) is 6.61. The van der Waals surface area contributed by atoms with Crippen molar-refractivity contribution in [2.45, 2.75) is 19.3 Å². The second kappa shape index (κ2) is 15.5. The fourth-order valence-corrected chi connectivity index (χ4v) is 9.94. The molecule has 0 saturated heterocycles. The Morgan fingerprint density at radius 3 is 1.51 bits per heavy atom. The molecular weight excluding hydrogens is 789 g/mol. The van der Waals surface area contributed by atoms with Crippen LogP contribution < -0.4 is 4.90 Å². The molecule has 0 spiro atoms. The van der Waals surface area contributed by atoms with E-state index in [0.29, 0.717) is 5.95 Å². The molecule has 0 fully saturated rings. The Kier molecular flexibility index (Phi) is 9.13. The topological polar surface area (TPSA) is 34.0 Å². The Balaban J connectivity index is 1.13. The largest absolute Gasteiger partial charge is 0.310 e. The Morgan fingerprint density at radius 2 is 0.862 bits per heavy atom. The van der Waals surface area contributed by atoms with Crippen molar-refractivity contribution in [3.63, 3.8) is 0 Å². The Hall–Kier alpha value is -8.34. The number of aromatic nitrogens is 3. The monoisotopic (exact) mass is 832 g/mol. The molecular formula is C61H44N4. The van der Waals surface area contributed by atoms with Crippen molar-refractivity contribution in [1.29, 1.82) is 0 Å². The van der Waals surface area contributed by atoms with Crippen molar-refractivity contribution >= 4 is 38.9 Å². The highest BCUT2D eigenvalue weighted by Crippen LogP contribution is 2.51. The highest BCUT2D eigenvalue weighted by atomic mass is 15.2. The number of hydrogen-bond donors (Lipinski definition) is 0. The molecule has 4 nitrogen and oxygen atoms in total. The van der Waals surface area contributed by atoms with E-state index in [9.17, 15) is 0 Å². The van der Waals surface area contributed by atoms with E-state index in [0.717, 1.165) is 66.9 Å². The van der Waals surface area contributed by atoms with Crippen molar-refractivity contribution in [2.24, 2.45) is 0 Å². The minimum Gasteiger partial charge on any atom is -0.310 e. The summed E-state index contributed by atoms with van der Waals surface area (Å²) in [6, 6.07) is 82.6. The van der Waals surface area contributed by atoms with Crippen LogP contribution in [0.3, 0.4) is 0 Å². The summed E-state index contributed by atoms with van der Waals surface area (Å²) in [5.41, 5.74) is 18.8. The molecule has 0 atom stereocenters. The standard InChI is InChI=1S/C61H44N4/c1-61(2)54-29-16-15-28-50(54)52-38-53-51-35-34-49(64(47-32-30-43(31-33-47)41-18-7-3-8-19-41)48-27-17-26-46(36-48)42-20-9-4-10-21-42)37-58(51)65(59(53)39-55(52)61)60-62-56(44-22-11-5-12-23-44)40-57(63-60)45-24-13-6-14-25-45/h3-40H,1-2H3. The van der Waals surface area contributed by atoms with Gasteiger partial charge in [0.2, 0.25) is 5.95 Å². The molecule has 65 heavy (non-hydrogen) atoms. The molecule has 0 radical (unpaired) electrons. The van der Waals surface area contributed by atoms with Crippen molar-refractivity contribution < 1.29 is 0 Å². The lowest BCUT2D eigenvalue weighted by Gasteiger charge is -2.26. The highest BCUT2D eigenvalue weighted by Gasteiger charge is 2.36. The van der Waals surface area contributed by atoms with Gasteiger partial charge in [-0.1, -0.05) is 190 Å². The number of benzene rings is 9. The molecule has 0 saturated carbocycles. The zero-order valence-corrected chi connectivity index (χ0v) is 36.2. The fraction of sp³-hybridized carbons (Fsp3) is 0.0492. The van der Waals surface area contributed by atoms with Gasteiger partial charge in [0.05, 0.1) is 22.4 Å². The van der Waals surface area contributed by atoms with E-state index in [1.54, 1.807) is 0 Å². The molecule has 4 heteroatoms. The van der Waals surface area contributed by atoms with E-state index < -0.39 is 0 Å². The molecule has 0 amide bonds. The van der Waals surface area contributed by atoms with Crippen LogP contribution in [0.1, 0.15) is 25.0 Å². The van der Waals surface area contributed by atoms with E-state index in [-0.39, 0.29) is 5.41 Å². The lowest BCUT2D eigenvalue weighted by atomic mass is 9.82. The molecule has 0 aliphatic heterocycles. The van der Waals surface area contributed by atoms with Crippen LogP contribution in [0, 0.1) is 0 Å². The fourth-order valence-electron chi connectivity index (χ4n) is 9.94. The zero-order valence-electron chi connectivity index (χ0n) is 36.2. The van der Waals surface area contributed by atoms with Gasteiger partial charge >= 0.3 is 0 Å². The maximum atomic E-state index is 5.45. The summed E-state index contributed by atoms with van der Waals surface area (Å²) in [6.45, 7) is 4.69. The summed E-state index contributed by atoms with van der Waals surface area (Å²) in [7, 11) is 0. The molecule has 1 aliphatic rings. The first-order valence-corrected chi connectivity index (χ1v) is 22.3. The van der Waals surface area contributed by atoms with Gasteiger partial charge < -0.3 is 4.90 Å². The molecule has 12 rings (SSSR count). The van der Waals surface area contributed by atoms with Crippen molar-refractivity contribution in [3.8, 4) is 61.8 Å².